The van der Waals surface area contributed by atoms with Crippen molar-refractivity contribution in [3.8, 4) is 17.2 Å². The van der Waals surface area contributed by atoms with Gasteiger partial charge in [0.25, 0.3) is 0 Å². The molecule has 35 heavy (non-hydrogen) atoms. The summed E-state index contributed by atoms with van der Waals surface area (Å²) in [5.41, 5.74) is 10.7. The maximum Gasteiger partial charge on any atom is 0.404 e. The Balaban J connectivity index is 1.65. The van der Waals surface area contributed by atoms with Gasteiger partial charge in [-0.3, -0.25) is 0 Å². The summed E-state index contributed by atoms with van der Waals surface area (Å²) in [6.07, 6.45) is -0.181. The van der Waals surface area contributed by atoms with Crippen LogP contribution in [0.3, 0.4) is 0 Å². The second-order valence-electron chi connectivity index (χ2n) is 8.55. The van der Waals surface area contributed by atoms with Gasteiger partial charge < -0.3 is 20.1 Å². The van der Waals surface area contributed by atoms with Gasteiger partial charge in [0.15, 0.2) is 0 Å². The smallest absolute Gasteiger partial charge is 0.404 e. The van der Waals surface area contributed by atoms with Gasteiger partial charge in [-0.25, -0.2) is 14.8 Å². The van der Waals surface area contributed by atoms with E-state index in [1.54, 1.807) is 0 Å². The molecule has 2 N–H and O–H groups in total. The van der Waals surface area contributed by atoms with Crippen LogP contribution in [0.5, 0.6) is 0 Å². The molecule has 4 rings (SSSR count). The number of nitrogens with two attached hydrogens (primary N) is 1. The van der Waals surface area contributed by atoms with Crippen molar-refractivity contribution in [2.75, 3.05) is 37.8 Å². The zero-order valence-corrected chi connectivity index (χ0v) is 20.0. The lowest BCUT2D eigenvalue weighted by molar-refractivity contribution is 0.122. The summed E-state index contributed by atoms with van der Waals surface area (Å²) < 4.78 is 10.3. The van der Waals surface area contributed by atoms with Crippen LogP contribution >= 0.6 is 0 Å². The number of hydrogen-bond donors (Lipinski definition) is 1. The summed E-state index contributed by atoms with van der Waals surface area (Å²) in [6.45, 7) is 7.24. The van der Waals surface area contributed by atoms with Gasteiger partial charge >= 0.3 is 6.09 Å². The Morgan fingerprint density at radius 3 is 2.60 bits per heavy atom. The number of morpholine rings is 1. The minimum Gasteiger partial charge on any atom is -0.449 e. The van der Waals surface area contributed by atoms with Crippen molar-refractivity contribution in [1.29, 1.82) is 5.26 Å². The second kappa shape index (κ2) is 11.0. The third-order valence-electron chi connectivity index (χ3n) is 6.17. The third kappa shape index (κ3) is 5.94. The number of nitrogens with zero attached hydrogens (tertiary/aromatic N) is 4. The number of carbonyl (C=O) groups is 1. The highest BCUT2D eigenvalue weighted by Gasteiger charge is 2.20. The molecule has 8 heteroatoms. The van der Waals surface area contributed by atoms with E-state index in [0.29, 0.717) is 25.2 Å². The molecule has 1 fully saturated rings. The molecule has 1 aliphatic heterocycles. The summed E-state index contributed by atoms with van der Waals surface area (Å²) in [5.74, 6) is 1.57. The molecule has 0 aliphatic carbocycles. The Morgan fingerprint density at radius 1 is 1.17 bits per heavy atom. The van der Waals surface area contributed by atoms with E-state index in [9.17, 15) is 10.1 Å². The molecule has 0 radical (unpaired) electrons. The summed E-state index contributed by atoms with van der Waals surface area (Å²) in [7, 11) is 0. The average Bonchev–Trinajstić information content (AvgIpc) is 2.88. The molecule has 0 bridgehead atoms. The Morgan fingerprint density at radius 2 is 1.91 bits per heavy atom. The molecular weight excluding hydrogens is 442 g/mol. The van der Waals surface area contributed by atoms with Crippen LogP contribution in [0.1, 0.15) is 41.1 Å². The molecule has 1 aromatic heterocycles. The van der Waals surface area contributed by atoms with Crippen molar-refractivity contribution in [2.45, 2.75) is 26.2 Å². The molecular formula is C27H29N5O3. The molecule has 2 heterocycles. The third-order valence-corrected chi connectivity index (χ3v) is 6.17. The number of primary amides is 1. The average molecular weight is 472 g/mol. The van der Waals surface area contributed by atoms with Crippen LogP contribution in [0, 0.1) is 18.3 Å². The number of carbonyl (C=O) groups excluding carboxylic acids is 1. The van der Waals surface area contributed by atoms with Crippen molar-refractivity contribution in [3.63, 3.8) is 0 Å². The molecule has 1 saturated heterocycles. The van der Waals surface area contributed by atoms with Crippen molar-refractivity contribution < 1.29 is 14.3 Å². The first-order valence-electron chi connectivity index (χ1n) is 11.7. The van der Waals surface area contributed by atoms with Crippen LogP contribution in [-0.4, -0.2) is 49.0 Å². The van der Waals surface area contributed by atoms with Crippen LogP contribution in [0.15, 0.2) is 48.5 Å². The highest BCUT2D eigenvalue weighted by atomic mass is 16.5. The molecule has 2 aromatic carbocycles. The number of benzene rings is 2. The largest absolute Gasteiger partial charge is 0.449 e. The lowest BCUT2D eigenvalue weighted by Gasteiger charge is -2.28. The van der Waals surface area contributed by atoms with E-state index >= 15 is 0 Å². The molecule has 0 spiro atoms. The van der Waals surface area contributed by atoms with Gasteiger partial charge in [0.1, 0.15) is 11.6 Å². The van der Waals surface area contributed by atoms with Crippen LogP contribution < -0.4 is 10.6 Å². The first-order chi connectivity index (χ1) is 16.9. The second-order valence-corrected chi connectivity index (χ2v) is 8.55. The van der Waals surface area contributed by atoms with E-state index in [0.717, 1.165) is 52.7 Å². The highest BCUT2D eigenvalue weighted by molar-refractivity contribution is 5.70. The molecule has 1 atom stereocenters. The van der Waals surface area contributed by atoms with Crippen molar-refractivity contribution in [2.24, 2.45) is 5.73 Å². The number of aromatic nitrogens is 2. The topological polar surface area (TPSA) is 114 Å². The normalized spacial score (nSPS) is 14.3. The maximum absolute atomic E-state index is 10.8. The lowest BCUT2D eigenvalue weighted by Crippen LogP contribution is -2.37. The first kappa shape index (κ1) is 24.2. The number of amides is 1. The molecule has 1 aliphatic rings. The van der Waals surface area contributed by atoms with Crippen molar-refractivity contribution >= 4 is 11.9 Å². The van der Waals surface area contributed by atoms with Crippen LogP contribution in [0.4, 0.5) is 10.6 Å². The standard InChI is InChI=1S/C27H29N5O3/c1-18(25-16-26(31-19(2)30-25)32-10-13-34-14-11-32)24-15-21(17-28)5-8-23(24)22-6-3-20(4-7-22)9-12-35-27(29)33/h3-8,15-16,18H,9-14H2,1-2H3,(H2,29,33). The lowest BCUT2D eigenvalue weighted by atomic mass is 9.88. The summed E-state index contributed by atoms with van der Waals surface area (Å²) in [6, 6.07) is 18.2. The van der Waals surface area contributed by atoms with Crippen molar-refractivity contribution in [1.82, 2.24) is 9.97 Å². The Bertz CT molecular complexity index is 1230. The number of rotatable bonds is 7. The van der Waals surface area contributed by atoms with Gasteiger partial charge in [0.05, 0.1) is 37.1 Å². The SMILES string of the molecule is Cc1nc(C(C)c2cc(C#N)ccc2-c2ccc(CCOC(N)=O)cc2)cc(N2CCOCC2)n1. The Kier molecular flexibility index (Phi) is 7.58. The zero-order chi connectivity index (χ0) is 24.8. The minimum atomic E-state index is -0.769. The van der Waals surface area contributed by atoms with Gasteiger partial charge in [-0.05, 0) is 41.3 Å². The molecule has 3 aromatic rings. The molecule has 1 amide bonds. The van der Waals surface area contributed by atoms with E-state index < -0.39 is 6.09 Å². The van der Waals surface area contributed by atoms with Crippen molar-refractivity contribution in [3.05, 3.63) is 76.7 Å². The molecule has 0 saturated carbocycles. The van der Waals surface area contributed by atoms with E-state index in [1.807, 2.05) is 55.5 Å². The summed E-state index contributed by atoms with van der Waals surface area (Å²) in [4.78, 5) is 22.4. The van der Waals surface area contributed by atoms with Crippen LogP contribution in [0.2, 0.25) is 0 Å². The summed E-state index contributed by atoms with van der Waals surface area (Å²) >= 11 is 0. The highest BCUT2D eigenvalue weighted by Crippen LogP contribution is 2.34. The molecule has 1 unspecified atom stereocenters. The number of ether oxygens (including phenoxy) is 2. The molecule has 8 nitrogen and oxygen atoms in total. The Labute approximate surface area is 205 Å². The molecule has 180 valence electrons. The van der Waals surface area contributed by atoms with E-state index in [1.165, 1.54) is 0 Å². The van der Waals surface area contributed by atoms with Gasteiger partial charge in [0.2, 0.25) is 0 Å². The fourth-order valence-electron chi connectivity index (χ4n) is 4.28. The van der Waals surface area contributed by atoms with Gasteiger partial charge in [0, 0.05) is 31.5 Å². The van der Waals surface area contributed by atoms with E-state index in [-0.39, 0.29) is 12.5 Å². The quantitative estimate of drug-likeness (QED) is 0.555. The Hall–Kier alpha value is -3.96. The van der Waals surface area contributed by atoms with Crippen LogP contribution in [-0.2, 0) is 15.9 Å². The fourth-order valence-corrected chi connectivity index (χ4v) is 4.28. The van der Waals surface area contributed by atoms with E-state index in [4.69, 9.17) is 20.2 Å². The monoisotopic (exact) mass is 471 g/mol. The number of aryl methyl sites for hydroxylation is 1. The predicted octanol–water partition coefficient (Wildman–Crippen LogP) is 3.95. The predicted molar refractivity (Wildman–Crippen MR) is 133 cm³/mol. The minimum absolute atomic E-state index is 0.0524. The van der Waals surface area contributed by atoms with Gasteiger partial charge in [-0.15, -0.1) is 0 Å². The number of nitriles is 1. The first-order valence-corrected chi connectivity index (χ1v) is 11.7. The zero-order valence-electron chi connectivity index (χ0n) is 20.0. The fraction of sp³-hybridized carbons (Fsp3) is 0.333. The van der Waals surface area contributed by atoms with Crippen LogP contribution in [0.25, 0.3) is 11.1 Å². The van der Waals surface area contributed by atoms with Gasteiger partial charge in [-0.1, -0.05) is 37.3 Å². The maximum atomic E-state index is 10.8. The number of anilines is 1. The van der Waals surface area contributed by atoms with Gasteiger partial charge in [-0.2, -0.15) is 5.26 Å². The van der Waals surface area contributed by atoms with E-state index in [2.05, 4.69) is 22.9 Å². The number of hydrogen-bond acceptors (Lipinski definition) is 7. The summed E-state index contributed by atoms with van der Waals surface area (Å²) in [5, 5.41) is 9.55.